The minimum Gasteiger partial charge on any atom is -0.481 e. The molecule has 0 spiro atoms. The second-order valence-electron chi connectivity index (χ2n) is 7.16. The average molecular weight is 283 g/mol. The van der Waals surface area contributed by atoms with Crippen LogP contribution in [0.2, 0.25) is 0 Å². The van der Waals surface area contributed by atoms with Gasteiger partial charge >= 0.3 is 5.97 Å². The number of nitrogens with zero attached hydrogens (tertiary/aromatic N) is 1. The van der Waals surface area contributed by atoms with Crippen LogP contribution in [0.25, 0.3) is 0 Å². The minimum atomic E-state index is -0.818. The molecule has 1 aliphatic rings. The van der Waals surface area contributed by atoms with E-state index in [4.69, 9.17) is 0 Å². The van der Waals surface area contributed by atoms with E-state index in [0.29, 0.717) is 43.7 Å². The van der Waals surface area contributed by atoms with Gasteiger partial charge < -0.3 is 10.0 Å². The van der Waals surface area contributed by atoms with Crippen molar-refractivity contribution in [1.29, 1.82) is 0 Å². The first kappa shape index (κ1) is 17.0. The molecule has 116 valence electrons. The summed E-state index contributed by atoms with van der Waals surface area (Å²) < 4.78 is 0. The van der Waals surface area contributed by atoms with Gasteiger partial charge in [0.2, 0.25) is 5.91 Å². The van der Waals surface area contributed by atoms with E-state index in [1.807, 2.05) is 11.8 Å². The molecule has 0 saturated heterocycles. The fraction of sp³-hybridized carbons (Fsp3) is 0.875. The number of carboxylic acid groups (broad SMARTS) is 1. The summed E-state index contributed by atoms with van der Waals surface area (Å²) in [6.45, 7) is 11.8. The molecule has 1 rings (SSSR count). The minimum absolute atomic E-state index is 0.0455. The van der Waals surface area contributed by atoms with Gasteiger partial charge in [0.15, 0.2) is 0 Å². The van der Waals surface area contributed by atoms with Gasteiger partial charge in [0, 0.05) is 13.1 Å². The maximum absolute atomic E-state index is 12.7. The molecule has 4 heteroatoms. The van der Waals surface area contributed by atoms with Crippen LogP contribution < -0.4 is 0 Å². The first-order valence-electron chi connectivity index (χ1n) is 7.73. The lowest BCUT2D eigenvalue weighted by Crippen LogP contribution is -2.42. The lowest BCUT2D eigenvalue weighted by Gasteiger charge is -2.30. The number of amides is 1. The molecule has 0 aromatic heterocycles. The summed E-state index contributed by atoms with van der Waals surface area (Å²) in [5.41, 5.74) is 0. The van der Waals surface area contributed by atoms with E-state index in [-0.39, 0.29) is 11.8 Å². The van der Waals surface area contributed by atoms with Crippen molar-refractivity contribution in [2.24, 2.45) is 29.6 Å². The summed E-state index contributed by atoms with van der Waals surface area (Å²) in [6, 6.07) is 0. The van der Waals surface area contributed by atoms with Crippen LogP contribution in [-0.2, 0) is 9.59 Å². The second-order valence-corrected chi connectivity index (χ2v) is 7.16. The summed E-state index contributed by atoms with van der Waals surface area (Å²) >= 11 is 0. The molecule has 1 N–H and O–H groups in total. The Morgan fingerprint density at radius 3 is 1.90 bits per heavy atom. The largest absolute Gasteiger partial charge is 0.481 e. The van der Waals surface area contributed by atoms with Crippen molar-refractivity contribution in [2.75, 3.05) is 13.1 Å². The maximum Gasteiger partial charge on any atom is 0.307 e. The van der Waals surface area contributed by atoms with Crippen molar-refractivity contribution in [3.63, 3.8) is 0 Å². The summed E-state index contributed by atoms with van der Waals surface area (Å²) in [6.07, 6.45) is 1.34. The number of rotatable bonds is 6. The van der Waals surface area contributed by atoms with Crippen molar-refractivity contribution in [3.8, 4) is 0 Å². The fourth-order valence-electron chi connectivity index (χ4n) is 3.21. The molecule has 0 aliphatic heterocycles. The molecule has 4 nitrogen and oxygen atoms in total. The molecule has 0 aromatic rings. The summed E-state index contributed by atoms with van der Waals surface area (Å²) in [4.78, 5) is 26.0. The lowest BCUT2D eigenvalue weighted by molar-refractivity contribution is -0.149. The average Bonchev–Trinajstić information content (AvgIpc) is 2.68. The predicted octanol–water partition coefficient (Wildman–Crippen LogP) is 2.87. The van der Waals surface area contributed by atoms with Gasteiger partial charge in [-0.15, -0.1) is 0 Å². The quantitative estimate of drug-likeness (QED) is 0.815. The lowest BCUT2D eigenvalue weighted by atomic mass is 9.94. The van der Waals surface area contributed by atoms with Gasteiger partial charge in [-0.05, 0) is 30.6 Å². The maximum atomic E-state index is 12.7. The number of hydrogen-bond donors (Lipinski definition) is 1. The molecule has 3 atom stereocenters. The van der Waals surface area contributed by atoms with Gasteiger partial charge in [-0.2, -0.15) is 0 Å². The van der Waals surface area contributed by atoms with Gasteiger partial charge in [0.1, 0.15) is 0 Å². The fourth-order valence-corrected chi connectivity index (χ4v) is 3.21. The highest BCUT2D eigenvalue weighted by Crippen LogP contribution is 2.37. The van der Waals surface area contributed by atoms with E-state index in [1.54, 1.807) is 0 Å². The molecule has 1 saturated carbocycles. The van der Waals surface area contributed by atoms with E-state index in [1.165, 1.54) is 0 Å². The van der Waals surface area contributed by atoms with Gasteiger partial charge in [-0.25, -0.2) is 0 Å². The Hall–Kier alpha value is -1.06. The van der Waals surface area contributed by atoms with Crippen molar-refractivity contribution >= 4 is 11.9 Å². The van der Waals surface area contributed by atoms with Crippen molar-refractivity contribution in [1.82, 2.24) is 4.90 Å². The summed E-state index contributed by atoms with van der Waals surface area (Å²) in [5.74, 6) is -0.477. The normalized spacial score (nSPS) is 26.2. The highest BCUT2D eigenvalue weighted by molar-refractivity contribution is 5.85. The Balaban J connectivity index is 2.84. The molecule has 1 aliphatic carbocycles. The molecule has 1 fully saturated rings. The highest BCUT2D eigenvalue weighted by atomic mass is 16.4. The Labute approximate surface area is 122 Å². The molecule has 20 heavy (non-hydrogen) atoms. The topological polar surface area (TPSA) is 57.6 Å². The monoisotopic (exact) mass is 283 g/mol. The SMILES string of the molecule is CC(C)CN(CC(C)C)C(=O)C1CC(C)CC1C(=O)O. The highest BCUT2D eigenvalue weighted by Gasteiger charge is 2.42. The zero-order valence-corrected chi connectivity index (χ0v) is 13.4. The molecule has 0 radical (unpaired) electrons. The number of carboxylic acids is 1. The Kier molecular flexibility index (Phi) is 6.03. The van der Waals surface area contributed by atoms with Gasteiger partial charge in [-0.3, -0.25) is 9.59 Å². The number of aliphatic carboxylic acids is 1. The van der Waals surface area contributed by atoms with E-state index in [9.17, 15) is 14.7 Å². The van der Waals surface area contributed by atoms with E-state index in [2.05, 4.69) is 27.7 Å². The zero-order chi connectivity index (χ0) is 15.4. The van der Waals surface area contributed by atoms with Crippen molar-refractivity contribution in [2.45, 2.75) is 47.5 Å². The van der Waals surface area contributed by atoms with Crippen LogP contribution in [-0.4, -0.2) is 35.0 Å². The summed E-state index contributed by atoms with van der Waals surface area (Å²) in [7, 11) is 0. The van der Waals surface area contributed by atoms with Crippen LogP contribution in [0, 0.1) is 29.6 Å². The van der Waals surface area contributed by atoms with E-state index < -0.39 is 11.9 Å². The standard InChI is InChI=1S/C16H29NO3/c1-10(2)8-17(9-11(3)4)15(18)13-6-12(5)7-14(13)16(19)20/h10-14H,6-9H2,1-5H3,(H,19,20). The van der Waals surface area contributed by atoms with Crippen LogP contribution in [0.5, 0.6) is 0 Å². The number of carbonyl (C=O) groups excluding carboxylic acids is 1. The smallest absolute Gasteiger partial charge is 0.307 e. The van der Waals surface area contributed by atoms with Gasteiger partial charge in [0.25, 0.3) is 0 Å². The molecule has 3 unspecified atom stereocenters. The Morgan fingerprint density at radius 1 is 1.05 bits per heavy atom. The first-order chi connectivity index (χ1) is 9.22. The summed E-state index contributed by atoms with van der Waals surface area (Å²) in [5, 5.41) is 9.33. The van der Waals surface area contributed by atoms with Crippen LogP contribution in [0.15, 0.2) is 0 Å². The molecule has 0 bridgehead atoms. The van der Waals surface area contributed by atoms with Crippen LogP contribution >= 0.6 is 0 Å². The van der Waals surface area contributed by atoms with Crippen LogP contribution in [0.1, 0.15) is 47.5 Å². The van der Waals surface area contributed by atoms with Crippen molar-refractivity contribution < 1.29 is 14.7 Å². The van der Waals surface area contributed by atoms with Crippen LogP contribution in [0.4, 0.5) is 0 Å². The molecular weight excluding hydrogens is 254 g/mol. The third kappa shape index (κ3) is 4.50. The number of hydrogen-bond acceptors (Lipinski definition) is 2. The third-order valence-corrected chi connectivity index (χ3v) is 3.92. The van der Waals surface area contributed by atoms with E-state index >= 15 is 0 Å². The third-order valence-electron chi connectivity index (χ3n) is 3.92. The molecular formula is C16H29NO3. The predicted molar refractivity (Wildman–Crippen MR) is 79.3 cm³/mol. The first-order valence-corrected chi connectivity index (χ1v) is 7.73. The van der Waals surface area contributed by atoms with E-state index in [0.717, 1.165) is 0 Å². The van der Waals surface area contributed by atoms with Gasteiger partial charge in [0.05, 0.1) is 11.8 Å². The molecule has 1 amide bonds. The number of carbonyl (C=O) groups is 2. The Bertz CT molecular complexity index is 342. The van der Waals surface area contributed by atoms with Crippen LogP contribution in [0.3, 0.4) is 0 Å². The zero-order valence-electron chi connectivity index (χ0n) is 13.4. The Morgan fingerprint density at radius 2 is 1.50 bits per heavy atom. The van der Waals surface area contributed by atoms with Gasteiger partial charge in [-0.1, -0.05) is 34.6 Å². The van der Waals surface area contributed by atoms with Crippen molar-refractivity contribution in [3.05, 3.63) is 0 Å². The molecule has 0 heterocycles. The second kappa shape index (κ2) is 7.09. The molecule has 0 aromatic carbocycles.